The van der Waals surface area contributed by atoms with Gasteiger partial charge in [0.05, 0.1) is 28.7 Å². The molecule has 2 amide bonds. The summed E-state index contributed by atoms with van der Waals surface area (Å²) in [5.74, 6) is 0.126. The molecule has 0 bridgehead atoms. The van der Waals surface area contributed by atoms with Crippen LogP contribution in [0.3, 0.4) is 0 Å². The third-order valence-electron chi connectivity index (χ3n) is 5.71. The van der Waals surface area contributed by atoms with E-state index in [4.69, 9.17) is 14.3 Å². The van der Waals surface area contributed by atoms with E-state index in [1.165, 1.54) is 6.26 Å². The quantitative estimate of drug-likeness (QED) is 0.352. The number of amides is 2. The van der Waals surface area contributed by atoms with Crippen molar-refractivity contribution in [3.05, 3.63) is 63.6 Å². The van der Waals surface area contributed by atoms with Gasteiger partial charge in [-0.3, -0.25) is 9.59 Å². The fraction of sp³-hybridized carbons (Fsp3) is 0.440. The van der Waals surface area contributed by atoms with E-state index in [-0.39, 0.29) is 37.9 Å². The Morgan fingerprint density at radius 1 is 1.29 bits per heavy atom. The van der Waals surface area contributed by atoms with Crippen LogP contribution < -0.4 is 10.1 Å². The number of nitrogens with zero attached hydrogens (tertiary/aromatic N) is 1. The summed E-state index contributed by atoms with van der Waals surface area (Å²) >= 11 is 2.15. The molecule has 2 aromatic rings. The summed E-state index contributed by atoms with van der Waals surface area (Å²) in [5.41, 5.74) is 1.20. The number of nitrogens with one attached hydrogen (secondary N) is 1. The molecule has 1 heterocycles. The number of ether oxygens (including phenoxy) is 1. The third-order valence-corrected chi connectivity index (χ3v) is 6.60. The molecule has 1 aromatic carbocycles. The second-order valence-electron chi connectivity index (χ2n) is 8.20. The highest BCUT2D eigenvalue weighted by Crippen LogP contribution is 2.30. The van der Waals surface area contributed by atoms with Gasteiger partial charge in [0.1, 0.15) is 18.0 Å². The molecule has 1 aromatic heterocycles. The third kappa shape index (κ3) is 6.83. The van der Waals surface area contributed by atoms with Crippen LogP contribution >= 0.6 is 22.6 Å². The van der Waals surface area contributed by atoms with Crippen molar-refractivity contribution in [3.63, 3.8) is 0 Å². The number of aliphatic hydroxyl groups is 2. The van der Waals surface area contributed by atoms with Gasteiger partial charge in [0.2, 0.25) is 11.8 Å². The van der Waals surface area contributed by atoms with Gasteiger partial charge in [-0.2, -0.15) is 0 Å². The summed E-state index contributed by atoms with van der Waals surface area (Å²) in [7, 11) is 0. The summed E-state index contributed by atoms with van der Waals surface area (Å²) in [6.45, 7) is 2.19. The molecule has 0 saturated carbocycles. The minimum absolute atomic E-state index is 0.0999. The highest BCUT2D eigenvalue weighted by Gasteiger charge is 2.40. The summed E-state index contributed by atoms with van der Waals surface area (Å²) in [6, 6.07) is 8.51. The van der Waals surface area contributed by atoms with Crippen molar-refractivity contribution in [3.8, 4) is 5.75 Å². The Morgan fingerprint density at radius 2 is 2.09 bits per heavy atom. The lowest BCUT2D eigenvalue weighted by Gasteiger charge is -2.40. The predicted molar refractivity (Wildman–Crippen MR) is 135 cm³/mol. The molecule has 3 atom stereocenters. The lowest BCUT2D eigenvalue weighted by molar-refractivity contribution is -0.139. The number of halogens is 1. The van der Waals surface area contributed by atoms with Gasteiger partial charge in [-0.05, 0) is 53.3 Å². The summed E-state index contributed by atoms with van der Waals surface area (Å²) < 4.78 is 12.2. The van der Waals surface area contributed by atoms with Gasteiger partial charge in [0.25, 0.3) is 0 Å². The second-order valence-corrected chi connectivity index (χ2v) is 9.37. The van der Waals surface area contributed by atoms with Crippen LogP contribution in [-0.4, -0.2) is 58.3 Å². The van der Waals surface area contributed by atoms with E-state index in [0.717, 1.165) is 22.0 Å². The minimum atomic E-state index is -1.05. The highest BCUT2D eigenvalue weighted by molar-refractivity contribution is 14.1. The number of benzene rings is 1. The Morgan fingerprint density at radius 3 is 2.76 bits per heavy atom. The molecule has 0 spiro atoms. The smallest absolute Gasteiger partial charge is 0.247 e. The van der Waals surface area contributed by atoms with E-state index in [1.807, 2.05) is 25.1 Å². The van der Waals surface area contributed by atoms with Crippen LogP contribution in [0.4, 0.5) is 0 Å². The molecule has 0 radical (unpaired) electrons. The highest BCUT2D eigenvalue weighted by atomic mass is 127. The molecule has 184 valence electrons. The van der Waals surface area contributed by atoms with Crippen LogP contribution in [0.5, 0.6) is 5.75 Å². The Kier molecular flexibility index (Phi) is 9.97. The first kappa shape index (κ1) is 26.2. The largest absolute Gasteiger partial charge is 0.482 e. The zero-order valence-electron chi connectivity index (χ0n) is 19.2. The maximum atomic E-state index is 13.2. The molecular formula is C25H31IN2O6. The SMILES string of the molecule is CCCCC(=O)N(Cc1ccoc1)[C@@H]1CC(C(=O)NCCO)=C[C@H](Oc2ccccc2I)[C@H]1O. The molecular weight excluding hydrogens is 551 g/mol. The number of para-hydroxylation sites is 1. The fourth-order valence-corrected chi connectivity index (χ4v) is 4.42. The number of hydrogen-bond donors (Lipinski definition) is 3. The van der Waals surface area contributed by atoms with Gasteiger partial charge >= 0.3 is 0 Å². The average Bonchev–Trinajstić information content (AvgIpc) is 3.35. The lowest BCUT2D eigenvalue weighted by atomic mass is 9.87. The van der Waals surface area contributed by atoms with Gasteiger partial charge in [0, 0.05) is 37.1 Å². The molecule has 34 heavy (non-hydrogen) atoms. The lowest BCUT2D eigenvalue weighted by Crippen LogP contribution is -2.54. The molecule has 3 rings (SSSR count). The summed E-state index contributed by atoms with van der Waals surface area (Å²) in [6.07, 6.45) is 4.94. The van der Waals surface area contributed by atoms with E-state index in [0.29, 0.717) is 17.7 Å². The average molecular weight is 582 g/mol. The first-order chi connectivity index (χ1) is 16.4. The van der Waals surface area contributed by atoms with Crippen molar-refractivity contribution in [2.45, 2.75) is 57.4 Å². The van der Waals surface area contributed by atoms with Gasteiger partial charge in [0.15, 0.2) is 0 Å². The van der Waals surface area contributed by atoms with Gasteiger partial charge in [-0.1, -0.05) is 25.5 Å². The predicted octanol–water partition coefficient (Wildman–Crippen LogP) is 3.02. The number of hydrogen-bond acceptors (Lipinski definition) is 6. The van der Waals surface area contributed by atoms with Crippen molar-refractivity contribution in [2.75, 3.05) is 13.2 Å². The van der Waals surface area contributed by atoms with Gasteiger partial charge < -0.3 is 29.6 Å². The number of carbonyl (C=O) groups excluding carboxylic acids is 2. The molecule has 8 nitrogen and oxygen atoms in total. The molecule has 3 N–H and O–H groups in total. The topological polar surface area (TPSA) is 112 Å². The van der Waals surface area contributed by atoms with Crippen LogP contribution in [0.25, 0.3) is 0 Å². The molecule has 0 unspecified atom stereocenters. The zero-order chi connectivity index (χ0) is 24.5. The van der Waals surface area contributed by atoms with Crippen LogP contribution in [0, 0.1) is 3.57 Å². The number of rotatable bonds is 11. The molecule has 1 aliphatic rings. The van der Waals surface area contributed by atoms with Crippen LogP contribution in [0.2, 0.25) is 0 Å². The van der Waals surface area contributed by atoms with E-state index in [2.05, 4.69) is 27.9 Å². The molecule has 0 fully saturated rings. The minimum Gasteiger partial charge on any atom is -0.482 e. The number of aliphatic hydroxyl groups excluding tert-OH is 2. The Labute approximate surface area is 213 Å². The Bertz CT molecular complexity index is 978. The zero-order valence-corrected chi connectivity index (χ0v) is 21.3. The first-order valence-electron chi connectivity index (χ1n) is 11.4. The number of carbonyl (C=O) groups is 2. The summed E-state index contributed by atoms with van der Waals surface area (Å²) in [5, 5.41) is 23.1. The summed E-state index contributed by atoms with van der Waals surface area (Å²) in [4.78, 5) is 27.7. The molecule has 0 aliphatic heterocycles. The Hall–Kier alpha value is -2.37. The van der Waals surface area contributed by atoms with Crippen LogP contribution in [0.1, 0.15) is 38.2 Å². The van der Waals surface area contributed by atoms with Crippen molar-refractivity contribution in [1.82, 2.24) is 10.2 Å². The number of unbranched alkanes of at least 4 members (excludes halogenated alkanes) is 1. The Balaban J connectivity index is 1.93. The maximum absolute atomic E-state index is 13.2. The van der Waals surface area contributed by atoms with Crippen LogP contribution in [-0.2, 0) is 16.1 Å². The van der Waals surface area contributed by atoms with Crippen molar-refractivity contribution >= 4 is 34.4 Å². The number of furan rings is 1. The first-order valence-corrected chi connectivity index (χ1v) is 12.5. The van der Waals surface area contributed by atoms with E-state index in [1.54, 1.807) is 29.4 Å². The van der Waals surface area contributed by atoms with Crippen molar-refractivity contribution < 1.29 is 29.0 Å². The molecule has 9 heteroatoms. The standard InChI is InChI=1S/C25H31IN2O6/c1-2-3-8-23(30)28(15-17-9-12-33-16-17)20-13-18(25(32)27-10-11-29)14-22(24(20)31)34-21-7-5-4-6-19(21)26/h4-7,9,12,14,16,20,22,24,29,31H,2-3,8,10-11,13,15H2,1H3,(H,27,32)/t20-,22+,24+/m1/s1. The fourth-order valence-electron chi connectivity index (χ4n) is 3.91. The van der Waals surface area contributed by atoms with E-state index >= 15 is 0 Å². The van der Waals surface area contributed by atoms with Crippen molar-refractivity contribution in [2.24, 2.45) is 0 Å². The monoisotopic (exact) mass is 582 g/mol. The van der Waals surface area contributed by atoms with E-state index < -0.39 is 18.2 Å². The van der Waals surface area contributed by atoms with Crippen molar-refractivity contribution in [1.29, 1.82) is 0 Å². The maximum Gasteiger partial charge on any atom is 0.247 e. The second kappa shape index (κ2) is 12.9. The normalized spacial score (nSPS) is 19.9. The van der Waals surface area contributed by atoms with Crippen LogP contribution in [0.15, 0.2) is 58.9 Å². The van der Waals surface area contributed by atoms with E-state index in [9.17, 15) is 14.7 Å². The molecule has 0 saturated heterocycles. The van der Waals surface area contributed by atoms with Gasteiger partial charge in [-0.25, -0.2) is 0 Å². The van der Waals surface area contributed by atoms with Gasteiger partial charge in [-0.15, -0.1) is 0 Å². The molecule has 1 aliphatic carbocycles.